The standard InChI is InChI=1S/C32H38F5N3O5/c33-31(34,32(35,36)37)20-38-12-14-40(15-13-38)30(44)26-7-6-24(41)17-28(26)39-10-8-21(9-11-39)19-45-25-3-1-2-23(16-25)27(18-29(42)43)22-4-5-22/h1-3,6-7,16-17,21-22,27,41H,4-5,8-15,18-20H2,(H,42,43). The SMILES string of the molecule is O=C(O)CC(c1cccc(OCC2CCN(c3cc(O)ccc3C(=O)N3CCN(CC(F)(F)C(F)(F)F)CC3)CC2)c1)C1CC1. The smallest absolute Gasteiger partial charge is 0.454 e. The molecule has 1 amide bonds. The molecule has 45 heavy (non-hydrogen) atoms. The van der Waals surface area contributed by atoms with Gasteiger partial charge in [0, 0.05) is 45.3 Å². The van der Waals surface area contributed by atoms with Crippen molar-refractivity contribution in [1.82, 2.24) is 9.80 Å². The fraction of sp³-hybridized carbons (Fsp3) is 0.562. The number of piperidine rings is 1. The van der Waals surface area contributed by atoms with Crippen molar-refractivity contribution in [3.8, 4) is 11.5 Å². The average Bonchev–Trinajstić information content (AvgIpc) is 3.84. The lowest BCUT2D eigenvalue weighted by Crippen LogP contribution is -2.54. The zero-order valence-electron chi connectivity index (χ0n) is 24.8. The average molecular weight is 640 g/mol. The Morgan fingerprint density at radius 3 is 2.22 bits per heavy atom. The van der Waals surface area contributed by atoms with Crippen molar-refractivity contribution < 1.29 is 46.5 Å². The highest BCUT2D eigenvalue weighted by atomic mass is 19.4. The molecule has 2 aliphatic heterocycles. The summed E-state index contributed by atoms with van der Waals surface area (Å²) in [5.41, 5.74) is 1.86. The first-order valence-corrected chi connectivity index (χ1v) is 15.3. The molecule has 3 aliphatic rings. The maximum atomic E-state index is 13.5. The van der Waals surface area contributed by atoms with Gasteiger partial charge in [-0.1, -0.05) is 12.1 Å². The van der Waals surface area contributed by atoms with Gasteiger partial charge in [0.05, 0.1) is 30.8 Å². The van der Waals surface area contributed by atoms with E-state index in [9.17, 15) is 41.8 Å². The minimum Gasteiger partial charge on any atom is -0.508 e. The van der Waals surface area contributed by atoms with Crippen LogP contribution in [0, 0.1) is 11.8 Å². The van der Waals surface area contributed by atoms with Crippen molar-refractivity contribution in [1.29, 1.82) is 0 Å². The van der Waals surface area contributed by atoms with Gasteiger partial charge in [-0.25, -0.2) is 0 Å². The van der Waals surface area contributed by atoms with Gasteiger partial charge in [0.1, 0.15) is 11.5 Å². The summed E-state index contributed by atoms with van der Waals surface area (Å²) in [7, 11) is 0. The Balaban J connectivity index is 1.15. The summed E-state index contributed by atoms with van der Waals surface area (Å²) in [5.74, 6) is -4.70. The number of rotatable bonds is 11. The summed E-state index contributed by atoms with van der Waals surface area (Å²) in [4.78, 5) is 29.3. The van der Waals surface area contributed by atoms with E-state index >= 15 is 0 Å². The number of halogens is 5. The number of alkyl halides is 5. The molecule has 2 heterocycles. The Bertz CT molecular complexity index is 1350. The second kappa shape index (κ2) is 13.4. The first-order chi connectivity index (χ1) is 21.3. The van der Waals surface area contributed by atoms with E-state index < -0.39 is 24.6 Å². The van der Waals surface area contributed by atoms with E-state index in [-0.39, 0.29) is 56.1 Å². The maximum absolute atomic E-state index is 13.5. The van der Waals surface area contributed by atoms with E-state index in [1.165, 1.54) is 23.1 Å². The molecular formula is C32H38F5N3O5. The molecule has 2 aromatic carbocycles. The number of carbonyl (C=O) groups is 2. The minimum absolute atomic E-state index is 0.00537. The Labute approximate surface area is 258 Å². The van der Waals surface area contributed by atoms with Crippen LogP contribution in [0.2, 0.25) is 0 Å². The summed E-state index contributed by atoms with van der Waals surface area (Å²) in [6, 6.07) is 12.1. The number of anilines is 1. The van der Waals surface area contributed by atoms with Gasteiger partial charge in [0.25, 0.3) is 5.91 Å². The predicted molar refractivity (Wildman–Crippen MR) is 156 cm³/mol. The number of phenolic OH excluding ortho intramolecular Hbond substituents is 1. The number of phenols is 1. The summed E-state index contributed by atoms with van der Waals surface area (Å²) < 4.78 is 71.0. The molecule has 0 aromatic heterocycles. The number of amides is 1. The van der Waals surface area contributed by atoms with Crippen molar-refractivity contribution in [2.45, 2.75) is 50.1 Å². The van der Waals surface area contributed by atoms with Gasteiger partial charge in [0.15, 0.2) is 0 Å². The van der Waals surface area contributed by atoms with Gasteiger partial charge >= 0.3 is 18.1 Å². The fourth-order valence-electron chi connectivity index (χ4n) is 6.25. The van der Waals surface area contributed by atoms with Crippen LogP contribution in [-0.2, 0) is 4.79 Å². The van der Waals surface area contributed by atoms with Crippen LogP contribution >= 0.6 is 0 Å². The van der Waals surface area contributed by atoms with Gasteiger partial charge in [-0.3, -0.25) is 14.5 Å². The van der Waals surface area contributed by atoms with E-state index in [0.29, 0.717) is 42.6 Å². The molecule has 0 spiro atoms. The summed E-state index contributed by atoms with van der Waals surface area (Å²) in [6.45, 7) is 0.0181. The van der Waals surface area contributed by atoms with Crippen molar-refractivity contribution in [3.05, 3.63) is 53.6 Å². The Morgan fingerprint density at radius 2 is 1.60 bits per heavy atom. The molecule has 1 saturated carbocycles. The number of carboxylic acid groups (broad SMARTS) is 1. The number of hydrogen-bond donors (Lipinski definition) is 2. The Kier molecular flexibility index (Phi) is 9.76. The highest BCUT2D eigenvalue weighted by Gasteiger charge is 2.58. The monoisotopic (exact) mass is 639 g/mol. The number of carbonyl (C=O) groups excluding carboxylic acids is 1. The largest absolute Gasteiger partial charge is 0.508 e. The topological polar surface area (TPSA) is 93.5 Å². The number of carboxylic acids is 1. The zero-order valence-corrected chi connectivity index (χ0v) is 24.8. The third-order valence-electron chi connectivity index (χ3n) is 9.02. The van der Waals surface area contributed by atoms with Crippen LogP contribution in [-0.4, -0.2) is 96.4 Å². The van der Waals surface area contributed by atoms with Crippen molar-refractivity contribution in [3.63, 3.8) is 0 Å². The van der Waals surface area contributed by atoms with Crippen LogP contribution < -0.4 is 9.64 Å². The molecule has 2 aromatic rings. The third-order valence-corrected chi connectivity index (χ3v) is 9.02. The molecule has 0 bridgehead atoms. The Hall–Kier alpha value is -3.61. The molecule has 1 atom stereocenters. The van der Waals surface area contributed by atoms with Crippen LogP contribution in [0.5, 0.6) is 11.5 Å². The van der Waals surface area contributed by atoms with Crippen molar-refractivity contribution >= 4 is 17.6 Å². The lowest BCUT2D eigenvalue weighted by atomic mass is 9.91. The van der Waals surface area contributed by atoms with E-state index in [4.69, 9.17) is 4.74 Å². The first kappa shape index (κ1) is 32.8. The predicted octanol–water partition coefficient (Wildman–Crippen LogP) is 5.61. The lowest BCUT2D eigenvalue weighted by Gasteiger charge is -2.38. The Morgan fingerprint density at radius 1 is 0.911 bits per heavy atom. The van der Waals surface area contributed by atoms with Gasteiger partial charge in [0.2, 0.25) is 0 Å². The third kappa shape index (κ3) is 8.16. The summed E-state index contributed by atoms with van der Waals surface area (Å²) >= 11 is 0. The second-order valence-corrected chi connectivity index (χ2v) is 12.3. The molecule has 5 rings (SSSR count). The number of nitrogens with zero attached hydrogens (tertiary/aromatic N) is 3. The molecule has 246 valence electrons. The molecule has 2 saturated heterocycles. The van der Waals surface area contributed by atoms with Crippen LogP contribution in [0.25, 0.3) is 0 Å². The van der Waals surface area contributed by atoms with Gasteiger partial charge in [-0.2, -0.15) is 22.0 Å². The van der Waals surface area contributed by atoms with E-state index in [0.717, 1.165) is 36.1 Å². The van der Waals surface area contributed by atoms with Gasteiger partial charge < -0.3 is 24.7 Å². The summed E-state index contributed by atoms with van der Waals surface area (Å²) in [6.07, 6.45) is -1.93. The number of aromatic hydroxyl groups is 1. The molecule has 8 nitrogen and oxygen atoms in total. The second-order valence-electron chi connectivity index (χ2n) is 12.3. The molecule has 0 radical (unpaired) electrons. The maximum Gasteiger partial charge on any atom is 0.454 e. The number of hydrogen-bond acceptors (Lipinski definition) is 6. The van der Waals surface area contributed by atoms with Crippen LogP contribution in [0.3, 0.4) is 0 Å². The number of piperazine rings is 1. The van der Waals surface area contributed by atoms with Gasteiger partial charge in [-0.05, 0) is 73.3 Å². The fourth-order valence-corrected chi connectivity index (χ4v) is 6.25. The highest BCUT2D eigenvalue weighted by Crippen LogP contribution is 2.45. The molecule has 1 unspecified atom stereocenters. The minimum atomic E-state index is -5.63. The van der Waals surface area contributed by atoms with Crippen LogP contribution in [0.4, 0.5) is 27.6 Å². The van der Waals surface area contributed by atoms with Crippen LogP contribution in [0.1, 0.15) is 53.9 Å². The van der Waals surface area contributed by atoms with E-state index in [1.807, 2.05) is 29.2 Å². The van der Waals surface area contributed by atoms with Crippen LogP contribution in [0.15, 0.2) is 42.5 Å². The quantitative estimate of drug-likeness (QED) is 0.309. The molecule has 1 aliphatic carbocycles. The molecule has 13 heteroatoms. The van der Waals surface area contributed by atoms with Crippen molar-refractivity contribution in [2.75, 3.05) is 57.3 Å². The number of aliphatic carboxylic acids is 1. The lowest BCUT2D eigenvalue weighted by molar-refractivity contribution is -0.287. The first-order valence-electron chi connectivity index (χ1n) is 15.3. The normalized spacial score (nSPS) is 19.4. The van der Waals surface area contributed by atoms with E-state index in [2.05, 4.69) is 0 Å². The zero-order chi connectivity index (χ0) is 32.4. The summed E-state index contributed by atoms with van der Waals surface area (Å²) in [5, 5.41) is 19.5. The van der Waals surface area contributed by atoms with Crippen molar-refractivity contribution in [2.24, 2.45) is 11.8 Å². The molecule has 2 N–H and O–H groups in total. The van der Waals surface area contributed by atoms with E-state index in [1.54, 1.807) is 0 Å². The molecule has 3 fully saturated rings. The number of benzene rings is 2. The highest BCUT2D eigenvalue weighted by molar-refractivity contribution is 6.00. The molecular weight excluding hydrogens is 601 g/mol. The van der Waals surface area contributed by atoms with Gasteiger partial charge in [-0.15, -0.1) is 0 Å². The number of ether oxygens (including phenoxy) is 1.